The number of rotatable bonds is 6. The van der Waals surface area contributed by atoms with Crippen molar-refractivity contribution in [2.45, 2.75) is 52.0 Å². The van der Waals surface area contributed by atoms with Crippen molar-refractivity contribution in [3.05, 3.63) is 27.3 Å². The number of likely N-dealkylation sites (tertiary alicyclic amines) is 1. The molecule has 0 saturated carbocycles. The molecule has 0 aliphatic carbocycles. The summed E-state index contributed by atoms with van der Waals surface area (Å²) >= 11 is 1.63. The molecule has 1 saturated heterocycles. The fourth-order valence-corrected chi connectivity index (χ4v) is 4.00. The number of aromatic nitrogens is 3. The second kappa shape index (κ2) is 8.05. The summed E-state index contributed by atoms with van der Waals surface area (Å²) in [4.78, 5) is 24.8. The van der Waals surface area contributed by atoms with Crippen molar-refractivity contribution in [3.63, 3.8) is 0 Å². The van der Waals surface area contributed by atoms with Gasteiger partial charge >= 0.3 is 0 Å². The molecule has 3 heterocycles. The molecule has 2 aromatic heterocycles. The van der Waals surface area contributed by atoms with Gasteiger partial charge in [-0.05, 0) is 33.1 Å². The average molecular weight is 364 g/mol. The number of carbonyl (C=O) groups excluding carboxylic acids is 1. The van der Waals surface area contributed by atoms with Gasteiger partial charge in [0.05, 0.1) is 23.7 Å². The number of nitrogens with zero attached hydrogens (tertiary/aromatic N) is 4. The zero-order chi connectivity index (χ0) is 17.8. The van der Waals surface area contributed by atoms with Crippen LogP contribution in [0.3, 0.4) is 0 Å². The van der Waals surface area contributed by atoms with Gasteiger partial charge in [-0.2, -0.15) is 4.98 Å². The van der Waals surface area contributed by atoms with Gasteiger partial charge in [-0.15, -0.1) is 11.3 Å². The van der Waals surface area contributed by atoms with Crippen molar-refractivity contribution >= 4 is 17.2 Å². The van der Waals surface area contributed by atoms with E-state index < -0.39 is 0 Å². The third-order valence-corrected chi connectivity index (χ3v) is 5.37. The Morgan fingerprint density at radius 2 is 2.20 bits per heavy atom. The van der Waals surface area contributed by atoms with Gasteiger partial charge in [-0.1, -0.05) is 5.16 Å². The molecule has 1 amide bonds. The number of piperidine rings is 1. The summed E-state index contributed by atoms with van der Waals surface area (Å²) in [5.74, 6) is 1.24. The van der Waals surface area contributed by atoms with Gasteiger partial charge in [0.2, 0.25) is 11.8 Å². The molecule has 7 nitrogen and oxygen atoms in total. The molecule has 136 valence electrons. The topological polar surface area (TPSA) is 81.4 Å². The first-order valence-electron chi connectivity index (χ1n) is 8.62. The molecule has 1 fully saturated rings. The van der Waals surface area contributed by atoms with E-state index in [4.69, 9.17) is 9.26 Å². The van der Waals surface area contributed by atoms with Gasteiger partial charge in [0.15, 0.2) is 5.82 Å². The maximum absolute atomic E-state index is 12.9. The predicted molar refractivity (Wildman–Crippen MR) is 93.5 cm³/mol. The van der Waals surface area contributed by atoms with Gasteiger partial charge in [-0.3, -0.25) is 4.79 Å². The highest BCUT2D eigenvalue weighted by atomic mass is 32.1. The zero-order valence-electron chi connectivity index (χ0n) is 14.9. The predicted octanol–water partition coefficient (Wildman–Crippen LogP) is 2.63. The number of carbonyl (C=O) groups is 1. The molecule has 0 spiro atoms. The largest absolute Gasteiger partial charge is 0.384 e. The lowest BCUT2D eigenvalue weighted by atomic mass is 10.0. The number of hydrogen-bond acceptors (Lipinski definition) is 7. The molecule has 1 aliphatic rings. The Bertz CT molecular complexity index is 727. The smallest absolute Gasteiger partial charge is 0.249 e. The molecular formula is C17H24N4O3S. The Hall–Kier alpha value is -1.80. The lowest BCUT2D eigenvalue weighted by Gasteiger charge is -2.33. The second-order valence-corrected chi connectivity index (χ2v) is 7.71. The maximum Gasteiger partial charge on any atom is 0.249 e. The normalized spacial score (nSPS) is 17.9. The molecular weight excluding hydrogens is 340 g/mol. The highest BCUT2D eigenvalue weighted by Crippen LogP contribution is 2.31. The SMILES string of the molecule is COCCc1noc([C@H]2CCCCN2C(=O)Cc2nc(C)sc2C)n1. The number of thiazole rings is 1. The van der Waals surface area contributed by atoms with Crippen molar-refractivity contribution in [3.8, 4) is 0 Å². The Morgan fingerprint density at radius 1 is 1.36 bits per heavy atom. The van der Waals surface area contributed by atoms with Gasteiger partial charge in [0.25, 0.3) is 0 Å². The highest BCUT2D eigenvalue weighted by Gasteiger charge is 2.32. The summed E-state index contributed by atoms with van der Waals surface area (Å²) in [5, 5.41) is 5.00. The number of aryl methyl sites for hydroxylation is 2. The van der Waals surface area contributed by atoms with Crippen molar-refractivity contribution in [2.24, 2.45) is 0 Å². The third-order valence-electron chi connectivity index (χ3n) is 4.44. The summed E-state index contributed by atoms with van der Waals surface area (Å²) in [6.07, 6.45) is 3.85. The van der Waals surface area contributed by atoms with Crippen LogP contribution in [0, 0.1) is 13.8 Å². The van der Waals surface area contributed by atoms with Crippen LogP contribution in [0.1, 0.15) is 52.6 Å². The van der Waals surface area contributed by atoms with E-state index in [2.05, 4.69) is 15.1 Å². The highest BCUT2D eigenvalue weighted by molar-refractivity contribution is 7.11. The van der Waals surface area contributed by atoms with E-state index in [9.17, 15) is 4.79 Å². The first-order valence-corrected chi connectivity index (χ1v) is 9.44. The van der Waals surface area contributed by atoms with Crippen molar-refractivity contribution in [1.29, 1.82) is 0 Å². The number of methoxy groups -OCH3 is 1. The van der Waals surface area contributed by atoms with E-state index in [0.29, 0.717) is 31.2 Å². The van der Waals surface area contributed by atoms with E-state index in [1.54, 1.807) is 18.4 Å². The molecule has 8 heteroatoms. The van der Waals surface area contributed by atoms with Crippen molar-refractivity contribution < 1.29 is 14.1 Å². The Labute approximate surface area is 151 Å². The van der Waals surface area contributed by atoms with Crippen LogP contribution in [0.2, 0.25) is 0 Å². The molecule has 0 aromatic carbocycles. The minimum absolute atomic E-state index is 0.0785. The van der Waals surface area contributed by atoms with Crippen LogP contribution >= 0.6 is 11.3 Å². The summed E-state index contributed by atoms with van der Waals surface area (Å²) < 4.78 is 10.5. The molecule has 1 aliphatic heterocycles. The van der Waals surface area contributed by atoms with Crippen molar-refractivity contribution in [1.82, 2.24) is 20.0 Å². The quantitative estimate of drug-likeness (QED) is 0.784. The fraction of sp³-hybridized carbons (Fsp3) is 0.647. The summed E-state index contributed by atoms with van der Waals surface area (Å²) in [7, 11) is 1.64. The van der Waals surface area contributed by atoms with Gasteiger partial charge in [0, 0.05) is 25.0 Å². The van der Waals surface area contributed by atoms with Crippen LogP contribution in [0.5, 0.6) is 0 Å². The number of amides is 1. The van der Waals surface area contributed by atoms with E-state index in [1.807, 2.05) is 18.7 Å². The molecule has 3 rings (SSSR count). The zero-order valence-corrected chi connectivity index (χ0v) is 15.8. The Kier molecular flexibility index (Phi) is 5.80. The standard InChI is InChI=1S/C17H24N4O3S/c1-11-13(18-12(2)25-11)10-16(22)21-8-5-4-6-14(21)17-19-15(20-24-17)7-9-23-3/h14H,4-10H2,1-3H3/t14-/m1/s1. The monoisotopic (exact) mass is 364 g/mol. The van der Waals surface area contributed by atoms with E-state index in [0.717, 1.165) is 41.4 Å². The van der Waals surface area contributed by atoms with E-state index >= 15 is 0 Å². The number of ether oxygens (including phenoxy) is 1. The molecule has 0 radical (unpaired) electrons. The van der Waals surface area contributed by atoms with Crippen LogP contribution in [-0.4, -0.2) is 46.2 Å². The van der Waals surface area contributed by atoms with Gasteiger partial charge < -0.3 is 14.2 Å². The molecule has 1 atom stereocenters. The molecule has 0 N–H and O–H groups in total. The molecule has 0 bridgehead atoms. The summed E-state index contributed by atoms with van der Waals surface area (Å²) in [6, 6.07) is -0.134. The lowest BCUT2D eigenvalue weighted by Crippen LogP contribution is -2.39. The molecule has 25 heavy (non-hydrogen) atoms. The van der Waals surface area contributed by atoms with Crippen LogP contribution in [0.4, 0.5) is 0 Å². The fourth-order valence-electron chi connectivity index (χ4n) is 3.17. The van der Waals surface area contributed by atoms with Crippen LogP contribution in [0.25, 0.3) is 0 Å². The summed E-state index contributed by atoms with van der Waals surface area (Å²) in [6.45, 7) is 5.26. The Balaban J connectivity index is 1.72. The third kappa shape index (κ3) is 4.24. The van der Waals surface area contributed by atoms with E-state index in [1.165, 1.54) is 0 Å². The van der Waals surface area contributed by atoms with Gasteiger partial charge in [0.1, 0.15) is 6.04 Å². The first-order chi connectivity index (χ1) is 12.1. The summed E-state index contributed by atoms with van der Waals surface area (Å²) in [5.41, 5.74) is 0.878. The second-order valence-electron chi connectivity index (χ2n) is 6.30. The number of hydrogen-bond donors (Lipinski definition) is 0. The molecule has 2 aromatic rings. The van der Waals surface area contributed by atoms with E-state index in [-0.39, 0.29) is 11.9 Å². The minimum Gasteiger partial charge on any atom is -0.384 e. The van der Waals surface area contributed by atoms with Crippen LogP contribution in [-0.2, 0) is 22.4 Å². The lowest BCUT2D eigenvalue weighted by molar-refractivity contribution is -0.135. The average Bonchev–Trinajstić information content (AvgIpc) is 3.19. The molecule has 0 unspecified atom stereocenters. The Morgan fingerprint density at radius 3 is 2.92 bits per heavy atom. The van der Waals surface area contributed by atoms with Crippen LogP contribution < -0.4 is 0 Å². The van der Waals surface area contributed by atoms with Crippen LogP contribution in [0.15, 0.2) is 4.52 Å². The minimum atomic E-state index is -0.134. The first kappa shape index (κ1) is 18.0. The van der Waals surface area contributed by atoms with Gasteiger partial charge in [-0.25, -0.2) is 4.98 Å². The van der Waals surface area contributed by atoms with Crippen molar-refractivity contribution in [2.75, 3.05) is 20.3 Å². The maximum atomic E-state index is 12.9.